The molecule has 0 unspecified atom stereocenters. The minimum absolute atomic E-state index is 0.0163. The highest BCUT2D eigenvalue weighted by atomic mass is 32.2. The van der Waals surface area contributed by atoms with Crippen LogP contribution in [-0.2, 0) is 24.5 Å². The van der Waals surface area contributed by atoms with Gasteiger partial charge in [0.1, 0.15) is 20.7 Å². The molecule has 0 heterocycles. The molecule has 0 saturated carbocycles. The highest BCUT2D eigenvalue weighted by Gasteiger charge is 2.20. The van der Waals surface area contributed by atoms with Gasteiger partial charge in [-0.1, -0.05) is 6.58 Å². The Kier molecular flexibility index (Phi) is 6.47. The summed E-state index contributed by atoms with van der Waals surface area (Å²) in [7, 11) is -0.659. The number of carbonyl (C=O) groups excluding carboxylic acids is 1. The molecule has 0 fully saturated rings. The molecule has 0 aromatic rings. The topological polar surface area (TPSA) is 89.9 Å². The Morgan fingerprint density at radius 3 is 2.39 bits per heavy atom. The third-order valence-corrected chi connectivity index (χ3v) is 2.65. The lowest BCUT2D eigenvalue weighted by Gasteiger charge is -2.25. The first-order valence-corrected chi connectivity index (χ1v) is 6.90. The largest absolute Gasteiger partial charge is 0.408 e. The fourth-order valence-electron chi connectivity index (χ4n) is 0.928. The molecule has 0 rings (SSSR count). The molecule has 0 atom stereocenters. The number of carbonyl (C=O) groups is 1. The number of nitrogens with zero attached hydrogens (tertiary/aromatic N) is 1. The average molecular weight is 282 g/mol. The van der Waals surface area contributed by atoms with Gasteiger partial charge >= 0.3 is 5.97 Å². The first-order chi connectivity index (χ1) is 8.03. The van der Waals surface area contributed by atoms with Gasteiger partial charge in [0.25, 0.3) is 16.8 Å². The number of esters is 1. The van der Waals surface area contributed by atoms with E-state index in [2.05, 4.69) is 6.58 Å². The van der Waals surface area contributed by atoms with Gasteiger partial charge in [-0.3, -0.25) is 4.55 Å². The van der Waals surface area contributed by atoms with E-state index in [1.165, 1.54) is 6.92 Å². The summed E-state index contributed by atoms with van der Waals surface area (Å²) in [4.78, 5) is 16.5. The third kappa shape index (κ3) is 9.11. The van der Waals surface area contributed by atoms with E-state index in [1.54, 1.807) is 14.1 Å². The Bertz CT molecular complexity index is 401. The second-order valence-electron chi connectivity index (χ2n) is 4.39. The minimum Gasteiger partial charge on any atom is -0.408 e. The summed E-state index contributed by atoms with van der Waals surface area (Å²) in [5.41, 5.74) is 0.293. The Morgan fingerprint density at radius 1 is 1.39 bits per heavy atom. The molecule has 18 heavy (non-hydrogen) atoms. The molecule has 106 valence electrons. The van der Waals surface area contributed by atoms with E-state index in [9.17, 15) is 13.2 Å². The lowest BCUT2D eigenvalue weighted by Crippen LogP contribution is -2.42. The van der Waals surface area contributed by atoms with Gasteiger partial charge in [-0.05, 0) is 13.3 Å². The molecule has 7 nitrogen and oxygen atoms in total. The van der Waals surface area contributed by atoms with Crippen molar-refractivity contribution in [1.82, 2.24) is 0 Å². The van der Waals surface area contributed by atoms with Gasteiger partial charge in [-0.25, -0.2) is 9.63 Å². The van der Waals surface area contributed by atoms with Crippen molar-refractivity contribution in [3.8, 4) is 0 Å². The van der Waals surface area contributed by atoms with Crippen LogP contribution in [0.2, 0.25) is 0 Å². The van der Waals surface area contributed by atoms with Gasteiger partial charge in [0.2, 0.25) is 0 Å². The molecule has 0 aromatic heterocycles. The molecule has 0 aliphatic carbocycles. The number of hydrogen-bond donors (Lipinski definition) is 1. The maximum atomic E-state index is 11.2. The predicted octanol–water partition coefficient (Wildman–Crippen LogP) is 0.349. The maximum Gasteiger partial charge on any atom is 0.337 e. The van der Waals surface area contributed by atoms with E-state index in [1.807, 2.05) is 0 Å². The van der Waals surface area contributed by atoms with Crippen molar-refractivity contribution in [3.05, 3.63) is 12.2 Å². The molecular formula is C10H20NO6S+. The van der Waals surface area contributed by atoms with Crippen molar-refractivity contribution < 1.29 is 32.0 Å². The first kappa shape index (κ1) is 17.0. The average Bonchev–Trinajstić information content (AvgIpc) is 2.20. The van der Waals surface area contributed by atoms with Crippen LogP contribution in [0.15, 0.2) is 12.2 Å². The minimum atomic E-state index is -3.96. The molecule has 1 N–H and O–H groups in total. The SMILES string of the molecule is C=C(C)C(=O)OC[N+](C)(C)OCCCS(=O)(=O)O. The zero-order valence-corrected chi connectivity index (χ0v) is 11.7. The van der Waals surface area contributed by atoms with Crippen LogP contribution in [0.5, 0.6) is 0 Å². The van der Waals surface area contributed by atoms with Crippen molar-refractivity contribution in [1.29, 1.82) is 0 Å². The van der Waals surface area contributed by atoms with Crippen LogP contribution in [0.1, 0.15) is 13.3 Å². The number of rotatable bonds is 8. The quantitative estimate of drug-likeness (QED) is 0.131. The van der Waals surface area contributed by atoms with E-state index >= 15 is 0 Å². The monoisotopic (exact) mass is 282 g/mol. The predicted molar refractivity (Wildman–Crippen MR) is 64.9 cm³/mol. The van der Waals surface area contributed by atoms with Crippen LogP contribution in [-0.4, -0.2) is 56.8 Å². The highest BCUT2D eigenvalue weighted by Crippen LogP contribution is 2.03. The van der Waals surface area contributed by atoms with Gasteiger partial charge in [0.15, 0.2) is 0 Å². The number of quaternary nitrogens is 1. The fraction of sp³-hybridized carbons (Fsp3) is 0.700. The molecule has 0 bridgehead atoms. The second kappa shape index (κ2) is 6.83. The van der Waals surface area contributed by atoms with Gasteiger partial charge in [-0.2, -0.15) is 13.1 Å². The van der Waals surface area contributed by atoms with Crippen molar-refractivity contribution in [2.45, 2.75) is 13.3 Å². The van der Waals surface area contributed by atoms with Gasteiger partial charge < -0.3 is 4.74 Å². The molecule has 8 heteroatoms. The van der Waals surface area contributed by atoms with E-state index < -0.39 is 16.1 Å². The molecule has 0 amide bonds. The summed E-state index contributed by atoms with van der Waals surface area (Å²) in [5, 5.41) is 0. The lowest BCUT2D eigenvalue weighted by atomic mass is 10.4. The normalized spacial score (nSPS) is 12.2. The molecular weight excluding hydrogens is 262 g/mol. The van der Waals surface area contributed by atoms with E-state index in [0.29, 0.717) is 5.57 Å². The van der Waals surface area contributed by atoms with Crippen LogP contribution in [0, 0.1) is 0 Å². The number of hydroxylamine groups is 3. The zero-order valence-electron chi connectivity index (χ0n) is 10.9. The Hall–Kier alpha value is -0.960. The van der Waals surface area contributed by atoms with Crippen LogP contribution >= 0.6 is 0 Å². The summed E-state index contributed by atoms with van der Waals surface area (Å²) in [6, 6.07) is 0. The second-order valence-corrected chi connectivity index (χ2v) is 5.96. The summed E-state index contributed by atoms with van der Waals surface area (Å²) in [5.74, 6) is -0.874. The molecule has 0 spiro atoms. The zero-order chi connectivity index (χ0) is 14.4. The van der Waals surface area contributed by atoms with Gasteiger partial charge in [0, 0.05) is 5.57 Å². The summed E-state index contributed by atoms with van der Waals surface area (Å²) in [6.07, 6.45) is 0.162. The fourth-order valence-corrected chi connectivity index (χ4v) is 1.41. The smallest absolute Gasteiger partial charge is 0.337 e. The molecule has 0 saturated heterocycles. The molecule has 0 aliphatic heterocycles. The first-order valence-electron chi connectivity index (χ1n) is 5.29. The van der Waals surface area contributed by atoms with Crippen molar-refractivity contribution >= 4 is 16.1 Å². The molecule has 0 aromatic carbocycles. The van der Waals surface area contributed by atoms with Crippen LogP contribution in [0.4, 0.5) is 0 Å². The van der Waals surface area contributed by atoms with E-state index in [0.717, 1.165) is 0 Å². The third-order valence-electron chi connectivity index (χ3n) is 1.84. The van der Waals surface area contributed by atoms with Gasteiger partial charge in [-0.15, -0.1) is 0 Å². The van der Waals surface area contributed by atoms with E-state index in [-0.39, 0.29) is 30.2 Å². The number of ether oxygens (including phenoxy) is 1. The van der Waals surface area contributed by atoms with Crippen LogP contribution in [0.3, 0.4) is 0 Å². The van der Waals surface area contributed by atoms with Crippen molar-refractivity contribution in [2.75, 3.05) is 33.2 Å². The van der Waals surface area contributed by atoms with Crippen molar-refractivity contribution in [2.24, 2.45) is 0 Å². The van der Waals surface area contributed by atoms with Crippen LogP contribution < -0.4 is 0 Å². The number of hydrogen-bond acceptors (Lipinski definition) is 5. The Morgan fingerprint density at radius 2 is 1.94 bits per heavy atom. The highest BCUT2D eigenvalue weighted by molar-refractivity contribution is 7.85. The summed E-state index contributed by atoms with van der Waals surface area (Å²) in [6.45, 7) is 5.08. The van der Waals surface area contributed by atoms with Crippen molar-refractivity contribution in [3.63, 3.8) is 0 Å². The van der Waals surface area contributed by atoms with E-state index in [4.69, 9.17) is 14.1 Å². The summed E-state index contributed by atoms with van der Waals surface area (Å²) < 4.78 is 34.3. The van der Waals surface area contributed by atoms with Crippen LogP contribution in [0.25, 0.3) is 0 Å². The van der Waals surface area contributed by atoms with Gasteiger partial charge in [0.05, 0.1) is 5.75 Å². The Labute approximate surface area is 107 Å². The standard InChI is InChI=1S/C10H19NO6S/c1-9(2)10(12)16-8-11(3,4)17-6-5-7-18(13,14)15/h1,5-8H2,2-4H3/p+1. The molecule has 0 radical (unpaired) electrons. The summed E-state index contributed by atoms with van der Waals surface area (Å²) >= 11 is 0. The molecule has 0 aliphatic rings. The Balaban J connectivity index is 3.94. The lowest BCUT2D eigenvalue weighted by molar-refractivity contribution is -1.09. The maximum absolute atomic E-state index is 11.2.